The van der Waals surface area contributed by atoms with Gasteiger partial charge < -0.3 is 0 Å². The SMILES string of the molecule is c1ccc(-c2cccc(-c3cc(-c4cccc(-c5ccccc5)c4)nc(-c4ccc(-c5cc6c(-c7ccc8ccccc8c7)nc7ccccc7c6c6ccccc56)cc4)n3)c2)cc1. The Balaban J connectivity index is 1.01. The van der Waals surface area contributed by atoms with Crippen molar-refractivity contribution in [2.45, 2.75) is 0 Å². The van der Waals surface area contributed by atoms with Crippen LogP contribution in [0, 0.1) is 0 Å². The average Bonchev–Trinajstić information content (AvgIpc) is 3.38. The van der Waals surface area contributed by atoms with Gasteiger partial charge in [-0.2, -0.15) is 0 Å². The van der Waals surface area contributed by atoms with E-state index in [-0.39, 0.29) is 0 Å². The number of aromatic nitrogens is 3. The van der Waals surface area contributed by atoms with Crippen molar-refractivity contribution < 1.29 is 0 Å². The summed E-state index contributed by atoms with van der Waals surface area (Å²) in [6, 6.07) is 84.0. The van der Waals surface area contributed by atoms with Crippen LogP contribution in [0.3, 0.4) is 0 Å². The first-order valence-corrected chi connectivity index (χ1v) is 21.8. The summed E-state index contributed by atoms with van der Waals surface area (Å²) < 4.78 is 0. The molecule has 0 saturated heterocycles. The molecule has 12 aromatic rings. The first-order chi connectivity index (χ1) is 31.7. The van der Waals surface area contributed by atoms with Crippen LogP contribution in [0.25, 0.3) is 122 Å². The summed E-state index contributed by atoms with van der Waals surface area (Å²) in [5.74, 6) is 0.673. The second-order valence-corrected chi connectivity index (χ2v) is 16.4. The first-order valence-electron chi connectivity index (χ1n) is 21.8. The van der Waals surface area contributed by atoms with Gasteiger partial charge in [0.1, 0.15) is 0 Å². The van der Waals surface area contributed by atoms with E-state index in [1.807, 2.05) is 0 Å². The minimum Gasteiger partial charge on any atom is -0.247 e. The van der Waals surface area contributed by atoms with Crippen molar-refractivity contribution in [3.05, 3.63) is 237 Å². The van der Waals surface area contributed by atoms with Crippen LogP contribution in [0.5, 0.6) is 0 Å². The van der Waals surface area contributed by atoms with Gasteiger partial charge in [0.2, 0.25) is 0 Å². The minimum absolute atomic E-state index is 0.673. The molecule has 0 bridgehead atoms. The van der Waals surface area contributed by atoms with Gasteiger partial charge >= 0.3 is 0 Å². The van der Waals surface area contributed by atoms with Crippen molar-refractivity contribution in [2.75, 3.05) is 0 Å². The number of benzene rings is 10. The highest BCUT2D eigenvalue weighted by Crippen LogP contribution is 2.42. The van der Waals surface area contributed by atoms with Crippen LogP contribution in [0.2, 0.25) is 0 Å². The first kappa shape index (κ1) is 37.2. The van der Waals surface area contributed by atoms with Crippen molar-refractivity contribution in [1.29, 1.82) is 0 Å². The van der Waals surface area contributed by atoms with Crippen molar-refractivity contribution in [3.63, 3.8) is 0 Å². The van der Waals surface area contributed by atoms with Crippen LogP contribution in [0.1, 0.15) is 0 Å². The number of para-hydroxylation sites is 1. The van der Waals surface area contributed by atoms with Crippen LogP contribution in [0.15, 0.2) is 237 Å². The fourth-order valence-electron chi connectivity index (χ4n) is 9.26. The monoisotopic (exact) mass is 813 g/mol. The van der Waals surface area contributed by atoms with Gasteiger partial charge in [-0.25, -0.2) is 15.0 Å². The molecule has 0 aliphatic carbocycles. The molecule has 3 heteroatoms. The molecule has 0 amide bonds. The molecule has 0 fully saturated rings. The number of nitrogens with zero attached hydrogens (tertiary/aromatic N) is 3. The molecule has 12 rings (SSSR count). The third-order valence-corrected chi connectivity index (χ3v) is 12.4. The van der Waals surface area contributed by atoms with Crippen molar-refractivity contribution >= 4 is 43.2 Å². The fourth-order valence-corrected chi connectivity index (χ4v) is 9.26. The Bertz CT molecular complexity index is 3610. The largest absolute Gasteiger partial charge is 0.247 e. The molecule has 0 N–H and O–H groups in total. The lowest BCUT2D eigenvalue weighted by Gasteiger charge is -2.16. The maximum Gasteiger partial charge on any atom is 0.160 e. The van der Waals surface area contributed by atoms with Gasteiger partial charge in [0.25, 0.3) is 0 Å². The topological polar surface area (TPSA) is 38.7 Å². The lowest BCUT2D eigenvalue weighted by Crippen LogP contribution is -1.96. The summed E-state index contributed by atoms with van der Waals surface area (Å²) in [5, 5.41) is 8.30. The van der Waals surface area contributed by atoms with E-state index in [4.69, 9.17) is 15.0 Å². The summed E-state index contributed by atoms with van der Waals surface area (Å²) in [6.45, 7) is 0. The van der Waals surface area contributed by atoms with Crippen LogP contribution in [-0.2, 0) is 0 Å². The van der Waals surface area contributed by atoms with Crippen molar-refractivity contribution in [1.82, 2.24) is 15.0 Å². The summed E-state index contributed by atoms with van der Waals surface area (Å²) in [4.78, 5) is 15.9. The third kappa shape index (κ3) is 6.77. The molecule has 3 nitrogen and oxygen atoms in total. The number of fused-ring (bicyclic) bond motifs is 6. The molecule has 298 valence electrons. The van der Waals surface area contributed by atoms with Gasteiger partial charge in [-0.15, -0.1) is 0 Å². The number of rotatable bonds is 7. The van der Waals surface area contributed by atoms with E-state index in [1.54, 1.807) is 0 Å². The Morgan fingerprint density at radius 3 is 1.44 bits per heavy atom. The second-order valence-electron chi connectivity index (χ2n) is 16.4. The fraction of sp³-hybridized carbons (Fsp3) is 0. The van der Waals surface area contributed by atoms with E-state index >= 15 is 0 Å². The van der Waals surface area contributed by atoms with E-state index in [0.29, 0.717) is 5.82 Å². The smallest absolute Gasteiger partial charge is 0.160 e. The maximum absolute atomic E-state index is 5.37. The van der Waals surface area contributed by atoms with Crippen molar-refractivity contribution in [3.8, 4) is 78.5 Å². The van der Waals surface area contributed by atoms with Gasteiger partial charge in [0.15, 0.2) is 5.82 Å². The lowest BCUT2D eigenvalue weighted by molar-refractivity contribution is 1.18. The van der Waals surface area contributed by atoms with Crippen LogP contribution < -0.4 is 0 Å². The molecule has 0 radical (unpaired) electrons. The molecule has 0 unspecified atom stereocenters. The Kier molecular flexibility index (Phi) is 9.16. The highest BCUT2D eigenvalue weighted by atomic mass is 14.9. The van der Waals surface area contributed by atoms with E-state index < -0.39 is 0 Å². The summed E-state index contributed by atoms with van der Waals surface area (Å²) in [6.07, 6.45) is 0. The molecule has 0 aliphatic rings. The van der Waals surface area contributed by atoms with Crippen molar-refractivity contribution in [2.24, 2.45) is 0 Å². The Morgan fingerprint density at radius 2 is 0.766 bits per heavy atom. The van der Waals surface area contributed by atoms with Gasteiger partial charge in [-0.1, -0.05) is 200 Å². The zero-order valence-corrected chi connectivity index (χ0v) is 34.9. The van der Waals surface area contributed by atoms with Crippen LogP contribution in [0.4, 0.5) is 0 Å². The number of pyridine rings is 1. The Hall–Kier alpha value is -8.53. The molecule has 2 aromatic heterocycles. The third-order valence-electron chi connectivity index (χ3n) is 12.4. The molecule has 0 spiro atoms. The minimum atomic E-state index is 0.673. The second kappa shape index (κ2) is 15.7. The van der Waals surface area contributed by atoms with Gasteiger partial charge in [0, 0.05) is 38.4 Å². The maximum atomic E-state index is 5.37. The van der Waals surface area contributed by atoms with Crippen LogP contribution >= 0.6 is 0 Å². The molecule has 64 heavy (non-hydrogen) atoms. The standard InChI is InChI=1S/C61H39N3/c1-3-15-40(16-4-1)46-21-13-23-48(35-46)57-39-58(49-24-14-22-47(36-49)41-17-5-2-6-18-41)64-61(63-57)44-32-30-43(31-33-44)54-38-55-59(52-26-10-9-25-51(52)54)53-27-11-12-28-56(53)62-60(55)50-34-29-42-19-7-8-20-45(42)37-50/h1-39H. The van der Waals surface area contributed by atoms with Gasteiger partial charge in [0.05, 0.1) is 22.6 Å². The lowest BCUT2D eigenvalue weighted by atomic mass is 9.89. The summed E-state index contributed by atoms with van der Waals surface area (Å²) in [5.41, 5.74) is 14.7. The van der Waals surface area contributed by atoms with Gasteiger partial charge in [-0.3, -0.25) is 0 Å². The van der Waals surface area contributed by atoms with E-state index in [2.05, 4.69) is 237 Å². The average molecular weight is 814 g/mol. The molecular formula is C61H39N3. The molecule has 0 aliphatic heterocycles. The zero-order valence-electron chi connectivity index (χ0n) is 34.9. The summed E-state index contributed by atoms with van der Waals surface area (Å²) in [7, 11) is 0. The Labute approximate surface area is 371 Å². The predicted molar refractivity (Wildman–Crippen MR) is 268 cm³/mol. The highest BCUT2D eigenvalue weighted by molar-refractivity contribution is 6.25. The zero-order chi connectivity index (χ0) is 42.4. The molecular weight excluding hydrogens is 775 g/mol. The Morgan fingerprint density at radius 1 is 0.250 bits per heavy atom. The molecule has 2 heterocycles. The molecule has 10 aromatic carbocycles. The molecule has 0 saturated carbocycles. The van der Waals surface area contributed by atoms with E-state index in [1.165, 1.54) is 38.1 Å². The quantitative estimate of drug-likeness (QED) is 0.150. The van der Waals surface area contributed by atoms with E-state index in [0.717, 1.165) is 77.9 Å². The number of hydrogen-bond donors (Lipinski definition) is 0. The highest BCUT2D eigenvalue weighted by Gasteiger charge is 2.18. The number of hydrogen-bond acceptors (Lipinski definition) is 3. The van der Waals surface area contributed by atoms with Gasteiger partial charge in [-0.05, 0) is 91.3 Å². The summed E-state index contributed by atoms with van der Waals surface area (Å²) >= 11 is 0. The predicted octanol–water partition coefficient (Wildman–Crippen LogP) is 16.2. The normalized spacial score (nSPS) is 11.4. The van der Waals surface area contributed by atoms with E-state index in [9.17, 15) is 0 Å². The molecule has 0 atom stereocenters. The van der Waals surface area contributed by atoms with Crippen LogP contribution in [-0.4, -0.2) is 15.0 Å².